The van der Waals surface area contributed by atoms with Crippen LogP contribution in [0.1, 0.15) is 0 Å². The monoisotopic (exact) mass is 568 g/mol. The van der Waals surface area contributed by atoms with Crippen molar-refractivity contribution in [2.45, 2.75) is 0 Å². The Hall–Kier alpha value is 2.76. The van der Waals surface area contributed by atoms with Gasteiger partial charge < -0.3 is 27.3 Å². The quantitative estimate of drug-likeness (QED) is 0.276. The molecule has 0 rings (SSSR count). The third kappa shape index (κ3) is 368. The summed E-state index contributed by atoms with van der Waals surface area (Å²) in [4.78, 5) is 0. The van der Waals surface area contributed by atoms with E-state index in [-0.39, 0.29) is 76.3 Å². The van der Waals surface area contributed by atoms with Crippen molar-refractivity contribution in [3.63, 3.8) is 0 Å². The molecule has 0 aromatic rings. The van der Waals surface area contributed by atoms with Crippen LogP contribution in [0, 0.1) is 76.3 Å². The van der Waals surface area contributed by atoms with Crippen molar-refractivity contribution in [1.29, 1.82) is 0 Å². The summed E-state index contributed by atoms with van der Waals surface area (Å²) in [5.41, 5.74) is 0. The van der Waals surface area contributed by atoms with Gasteiger partial charge in [0, 0.05) is 0 Å². The van der Waals surface area contributed by atoms with Crippen molar-refractivity contribution in [3.05, 3.63) is 0 Å². The summed E-state index contributed by atoms with van der Waals surface area (Å²) in [5.74, 6) is 0. The number of hydrogen-bond donors (Lipinski definition) is 0. The summed E-state index contributed by atoms with van der Waals surface area (Å²) >= 11 is -9.33. The van der Waals surface area contributed by atoms with E-state index in [1.54, 1.807) is 0 Å². The van der Waals surface area contributed by atoms with Gasteiger partial charge in [-0.3, -0.25) is 12.6 Å². The minimum Gasteiger partial charge on any atom is -0.784 e. The van der Waals surface area contributed by atoms with Crippen molar-refractivity contribution in [2.75, 3.05) is 0 Å². The Morgan fingerprint density at radius 1 is 0.500 bits per heavy atom. The molecule has 0 aliphatic carbocycles. The van der Waals surface area contributed by atoms with Crippen LogP contribution in [0.3, 0.4) is 0 Å². The molecule has 92 valence electrons. The van der Waals surface area contributed by atoms with Gasteiger partial charge in [0.1, 0.15) is 0 Å². The van der Waals surface area contributed by atoms with Crippen molar-refractivity contribution >= 4 is 34.1 Å². The molecule has 2 radical (unpaired) electrons. The van der Waals surface area contributed by atoms with Crippen molar-refractivity contribution in [2.24, 2.45) is 0 Å². The van der Waals surface area contributed by atoms with E-state index in [1.807, 2.05) is 0 Å². The zero-order chi connectivity index (χ0) is 10.7. The zero-order valence-corrected chi connectivity index (χ0v) is 12.0. The maximum absolute atomic E-state index is 8.44. The molecular formula is Dy2O9S3. The first-order chi connectivity index (χ1) is 5.20. The van der Waals surface area contributed by atoms with Gasteiger partial charge in [-0.05, 0) is 0 Å². The van der Waals surface area contributed by atoms with Crippen LogP contribution in [0.25, 0.3) is 0 Å². The minimum absolute atomic E-state index is 0. The summed E-state index contributed by atoms with van der Waals surface area (Å²) in [5, 5.41) is 0. The van der Waals surface area contributed by atoms with Crippen LogP contribution in [0.2, 0.25) is 0 Å². The normalized spacial score (nSPS) is 7.50. The summed E-state index contributed by atoms with van der Waals surface area (Å²) in [6.07, 6.45) is 0. The summed E-state index contributed by atoms with van der Waals surface area (Å²) < 4.78 is 76.0. The fraction of sp³-hybridized carbons (Fsp3) is 0. The van der Waals surface area contributed by atoms with E-state index in [0.717, 1.165) is 0 Å². The van der Waals surface area contributed by atoms with Gasteiger partial charge in [-0.1, -0.05) is 0 Å². The van der Waals surface area contributed by atoms with Crippen LogP contribution in [-0.2, 0) is 34.1 Å². The average molecular weight is 565 g/mol. The number of rotatable bonds is 0. The van der Waals surface area contributed by atoms with Crippen LogP contribution in [-0.4, -0.2) is 39.9 Å². The molecule has 0 aromatic carbocycles. The van der Waals surface area contributed by atoms with Crippen LogP contribution in [0.15, 0.2) is 0 Å². The minimum atomic E-state index is -3.11. The van der Waals surface area contributed by atoms with Crippen LogP contribution in [0.4, 0.5) is 0 Å². The molecule has 0 saturated heterocycles. The molecule has 0 spiro atoms. The van der Waals surface area contributed by atoms with Crippen molar-refractivity contribution < 1.29 is 116 Å². The molecule has 14 heavy (non-hydrogen) atoms. The van der Waals surface area contributed by atoms with E-state index in [2.05, 4.69) is 0 Å². The Morgan fingerprint density at radius 3 is 0.500 bits per heavy atom. The Bertz CT molecular complexity index is 116. The number of hydrogen-bond acceptors (Lipinski definition) is 9. The van der Waals surface area contributed by atoms with Crippen LogP contribution >= 0.6 is 0 Å². The molecule has 0 aromatic heterocycles. The molecule has 9 nitrogen and oxygen atoms in total. The maximum atomic E-state index is 8.44. The Kier molecular flexibility index (Phi) is 53.4. The van der Waals surface area contributed by atoms with Gasteiger partial charge >= 0.3 is 76.3 Å². The Labute approximate surface area is 148 Å². The predicted molar refractivity (Wildman–Crippen MR) is 29.1 cm³/mol. The topological polar surface area (TPSA) is 190 Å². The van der Waals surface area contributed by atoms with Gasteiger partial charge in [-0.2, -0.15) is 0 Å². The first-order valence-corrected chi connectivity index (χ1v) is 4.50. The van der Waals surface area contributed by atoms with Gasteiger partial charge in [0.2, 0.25) is 0 Å². The standard InChI is InChI=1S/2Dy.3H2O3S/c;;3*1-4(2)3/h;;3*(H2,1,2,3)/q2*+3;;;/p-6. The van der Waals surface area contributed by atoms with Gasteiger partial charge in [0.25, 0.3) is 0 Å². The third-order valence-electron chi connectivity index (χ3n) is 0. The third-order valence-corrected chi connectivity index (χ3v) is 0. The summed E-state index contributed by atoms with van der Waals surface area (Å²) in [6, 6.07) is 0. The van der Waals surface area contributed by atoms with Crippen LogP contribution < -0.4 is 0 Å². The largest absolute Gasteiger partial charge is 3.00 e. The Morgan fingerprint density at radius 2 is 0.500 bits per heavy atom. The molecule has 0 fully saturated rings. The molecule has 0 bridgehead atoms. The molecule has 0 saturated carbocycles. The first kappa shape index (κ1) is 30.1. The summed E-state index contributed by atoms with van der Waals surface area (Å²) in [6.45, 7) is 0. The van der Waals surface area contributed by atoms with E-state index in [9.17, 15) is 0 Å². The van der Waals surface area contributed by atoms with Gasteiger partial charge in [-0.15, -0.1) is 34.1 Å². The van der Waals surface area contributed by atoms with Gasteiger partial charge in [-0.25, -0.2) is 0 Å². The van der Waals surface area contributed by atoms with E-state index in [0.29, 0.717) is 0 Å². The molecule has 0 amide bonds. The zero-order valence-electron chi connectivity index (χ0n) is 5.53. The van der Waals surface area contributed by atoms with E-state index in [4.69, 9.17) is 39.9 Å². The molecule has 0 N–H and O–H groups in total. The first-order valence-electron chi connectivity index (χ1n) is 1.50. The second kappa shape index (κ2) is 24.8. The molecule has 0 atom stereocenters. The smallest absolute Gasteiger partial charge is 0.784 e. The molecule has 0 heterocycles. The van der Waals surface area contributed by atoms with E-state index in [1.165, 1.54) is 0 Å². The summed E-state index contributed by atoms with van der Waals surface area (Å²) in [7, 11) is 0. The average Bonchev–Trinajstić information content (AvgIpc) is 1.54. The van der Waals surface area contributed by atoms with Gasteiger partial charge in [0.05, 0.1) is 0 Å². The SMILES string of the molecule is O=S([O-])[O-].O=S([O-])[O-].O=S([O-])[O-].[Dy+3].[Dy+3]. The van der Waals surface area contributed by atoms with Crippen LogP contribution in [0.5, 0.6) is 0 Å². The molecule has 0 unspecified atom stereocenters. The second-order valence-electron chi connectivity index (χ2n) is 0.612. The predicted octanol–water partition coefficient (Wildman–Crippen LogP) is -3.01. The van der Waals surface area contributed by atoms with Crippen molar-refractivity contribution in [3.8, 4) is 0 Å². The fourth-order valence-corrected chi connectivity index (χ4v) is 0. The molecular weight excluding hydrogens is 565 g/mol. The molecule has 0 aliphatic heterocycles. The maximum Gasteiger partial charge on any atom is 3.00 e. The Balaban J connectivity index is -0.0000000270. The molecule has 0 aliphatic rings. The van der Waals surface area contributed by atoms with E-state index < -0.39 is 34.1 Å². The molecule has 14 heteroatoms. The second-order valence-corrected chi connectivity index (χ2v) is 1.84. The van der Waals surface area contributed by atoms with Crippen molar-refractivity contribution in [1.82, 2.24) is 0 Å². The van der Waals surface area contributed by atoms with E-state index >= 15 is 0 Å². The fourth-order valence-electron chi connectivity index (χ4n) is 0. The van der Waals surface area contributed by atoms with Gasteiger partial charge in [0.15, 0.2) is 0 Å².